The lowest BCUT2D eigenvalue weighted by Crippen LogP contribution is -2.30. The summed E-state index contributed by atoms with van der Waals surface area (Å²) in [6.45, 7) is 1.00. The van der Waals surface area contributed by atoms with E-state index in [9.17, 15) is 9.59 Å². The van der Waals surface area contributed by atoms with E-state index in [0.717, 1.165) is 10.9 Å². The summed E-state index contributed by atoms with van der Waals surface area (Å²) in [4.78, 5) is 30.5. The molecule has 0 unspecified atom stereocenters. The van der Waals surface area contributed by atoms with Crippen molar-refractivity contribution in [3.8, 4) is 0 Å². The molecule has 1 aromatic carbocycles. The summed E-state index contributed by atoms with van der Waals surface area (Å²) in [7, 11) is 3.23. The lowest BCUT2D eigenvalue weighted by Gasteiger charge is -2.16. The third kappa shape index (κ3) is 3.23. The topological polar surface area (TPSA) is 71.5 Å². The van der Waals surface area contributed by atoms with Crippen LogP contribution in [0.2, 0.25) is 0 Å². The van der Waals surface area contributed by atoms with Crippen LogP contribution in [-0.4, -0.2) is 55.0 Å². The first kappa shape index (κ1) is 16.4. The number of carbonyl (C=O) groups is 2. The van der Waals surface area contributed by atoms with Gasteiger partial charge in [0.25, 0.3) is 5.91 Å². The number of ether oxygens (including phenoxy) is 1. The van der Waals surface area contributed by atoms with Gasteiger partial charge in [0.05, 0.1) is 17.2 Å². The maximum absolute atomic E-state index is 12.8. The molecule has 1 aliphatic heterocycles. The highest BCUT2D eigenvalue weighted by atomic mass is 16.5. The van der Waals surface area contributed by atoms with Gasteiger partial charge in [-0.25, -0.2) is 0 Å². The lowest BCUT2D eigenvalue weighted by molar-refractivity contribution is -0.122. The molecule has 2 aromatic rings. The Kier molecular flexibility index (Phi) is 4.76. The number of fused-ring (bicyclic) bond motifs is 1. The fourth-order valence-corrected chi connectivity index (χ4v) is 3.18. The summed E-state index contributed by atoms with van der Waals surface area (Å²) in [5, 5.41) is 3.56. The van der Waals surface area contributed by atoms with Gasteiger partial charge in [0.15, 0.2) is 0 Å². The molecule has 1 saturated heterocycles. The van der Waals surface area contributed by atoms with Crippen LogP contribution in [0.1, 0.15) is 16.8 Å². The minimum absolute atomic E-state index is 0.00677. The van der Waals surface area contributed by atoms with E-state index in [-0.39, 0.29) is 23.8 Å². The van der Waals surface area contributed by atoms with Gasteiger partial charge in [0, 0.05) is 51.2 Å². The second-order valence-electron chi connectivity index (χ2n) is 6.04. The third-order valence-electron chi connectivity index (χ3n) is 4.53. The van der Waals surface area contributed by atoms with Crippen molar-refractivity contribution in [2.24, 2.45) is 5.92 Å². The van der Waals surface area contributed by atoms with E-state index < -0.39 is 0 Å². The molecular formula is C18H21N3O3. The molecule has 3 rings (SSSR count). The second kappa shape index (κ2) is 6.97. The van der Waals surface area contributed by atoms with Gasteiger partial charge in [0.1, 0.15) is 0 Å². The molecule has 0 saturated carbocycles. The van der Waals surface area contributed by atoms with E-state index in [1.54, 1.807) is 25.3 Å². The molecular weight excluding hydrogens is 306 g/mol. The first-order valence-electron chi connectivity index (χ1n) is 8.00. The molecule has 1 N–H and O–H groups in total. The van der Waals surface area contributed by atoms with E-state index in [0.29, 0.717) is 25.1 Å². The standard InChI is InChI=1S/C18H21N3O3/c1-19-17(22)8-14-10-21(11-16(14)24-2)18(23)13-7-12-5-3-4-6-15(12)20-9-13/h3-7,9,14,16H,8,10-11H2,1-2H3,(H,19,22)/t14-,16-/m0/s1. The van der Waals surface area contributed by atoms with Crippen molar-refractivity contribution in [1.29, 1.82) is 0 Å². The number of methoxy groups -OCH3 is 1. The number of rotatable bonds is 4. The van der Waals surface area contributed by atoms with Gasteiger partial charge in [0.2, 0.25) is 5.91 Å². The molecule has 126 valence electrons. The molecule has 0 bridgehead atoms. The molecule has 0 radical (unpaired) electrons. The predicted molar refractivity (Wildman–Crippen MR) is 90.6 cm³/mol. The van der Waals surface area contributed by atoms with Crippen molar-refractivity contribution in [1.82, 2.24) is 15.2 Å². The average Bonchev–Trinajstić information content (AvgIpc) is 3.03. The highest BCUT2D eigenvalue weighted by Gasteiger charge is 2.36. The fraction of sp³-hybridized carbons (Fsp3) is 0.389. The van der Waals surface area contributed by atoms with Crippen LogP contribution in [-0.2, 0) is 9.53 Å². The lowest BCUT2D eigenvalue weighted by atomic mass is 10.0. The number of hydrogen-bond acceptors (Lipinski definition) is 4. The molecule has 6 nitrogen and oxygen atoms in total. The van der Waals surface area contributed by atoms with Crippen LogP contribution in [0.4, 0.5) is 0 Å². The average molecular weight is 327 g/mol. The molecule has 1 fully saturated rings. The molecule has 1 aliphatic rings. The van der Waals surface area contributed by atoms with Gasteiger partial charge in [-0.05, 0) is 12.1 Å². The van der Waals surface area contributed by atoms with E-state index in [2.05, 4.69) is 10.3 Å². The monoisotopic (exact) mass is 327 g/mol. The van der Waals surface area contributed by atoms with Crippen LogP contribution in [0.3, 0.4) is 0 Å². The van der Waals surface area contributed by atoms with Crippen molar-refractivity contribution in [3.63, 3.8) is 0 Å². The molecule has 2 heterocycles. The number of likely N-dealkylation sites (tertiary alicyclic amines) is 1. The predicted octanol–water partition coefficient (Wildman–Crippen LogP) is 1.46. The Morgan fingerprint density at radius 2 is 2.12 bits per heavy atom. The normalized spacial score (nSPS) is 20.3. The van der Waals surface area contributed by atoms with Gasteiger partial charge in [-0.1, -0.05) is 18.2 Å². The van der Waals surface area contributed by atoms with Gasteiger partial charge in [-0.2, -0.15) is 0 Å². The zero-order chi connectivity index (χ0) is 17.1. The quantitative estimate of drug-likeness (QED) is 0.923. The third-order valence-corrected chi connectivity index (χ3v) is 4.53. The van der Waals surface area contributed by atoms with Crippen molar-refractivity contribution in [2.75, 3.05) is 27.2 Å². The number of benzene rings is 1. The summed E-state index contributed by atoms with van der Waals surface area (Å²) in [6, 6.07) is 9.56. The van der Waals surface area contributed by atoms with Gasteiger partial charge in [-0.15, -0.1) is 0 Å². The fourth-order valence-electron chi connectivity index (χ4n) is 3.18. The van der Waals surface area contributed by atoms with Crippen LogP contribution in [0, 0.1) is 5.92 Å². The summed E-state index contributed by atoms with van der Waals surface area (Å²) in [5.74, 6) is -0.106. The summed E-state index contributed by atoms with van der Waals surface area (Å²) in [5.41, 5.74) is 1.42. The maximum atomic E-state index is 12.8. The minimum Gasteiger partial charge on any atom is -0.379 e. The number of carbonyl (C=O) groups excluding carboxylic acids is 2. The number of nitrogens with zero attached hydrogens (tertiary/aromatic N) is 2. The number of aromatic nitrogens is 1. The highest BCUT2D eigenvalue weighted by Crippen LogP contribution is 2.25. The molecule has 6 heteroatoms. The van der Waals surface area contributed by atoms with Gasteiger partial charge < -0.3 is 15.0 Å². The van der Waals surface area contributed by atoms with Crippen LogP contribution in [0.5, 0.6) is 0 Å². The summed E-state index contributed by atoms with van der Waals surface area (Å²) >= 11 is 0. The number of para-hydroxylation sites is 1. The summed E-state index contributed by atoms with van der Waals surface area (Å²) in [6.07, 6.45) is 1.84. The molecule has 2 atom stereocenters. The Hall–Kier alpha value is -2.47. The van der Waals surface area contributed by atoms with E-state index in [4.69, 9.17) is 4.74 Å². The Labute approximate surface area is 140 Å². The van der Waals surface area contributed by atoms with Crippen molar-refractivity contribution in [3.05, 3.63) is 42.1 Å². The molecule has 2 amide bonds. The molecule has 0 aliphatic carbocycles. The first-order chi connectivity index (χ1) is 11.6. The van der Waals surface area contributed by atoms with Crippen molar-refractivity contribution in [2.45, 2.75) is 12.5 Å². The first-order valence-corrected chi connectivity index (χ1v) is 8.00. The van der Waals surface area contributed by atoms with E-state index in [1.807, 2.05) is 30.3 Å². The zero-order valence-corrected chi connectivity index (χ0v) is 13.9. The zero-order valence-electron chi connectivity index (χ0n) is 13.9. The SMILES string of the molecule is CNC(=O)C[C@H]1CN(C(=O)c2cnc3ccccc3c2)C[C@@H]1OC. The van der Waals surface area contributed by atoms with Crippen LogP contribution >= 0.6 is 0 Å². The Bertz CT molecular complexity index is 762. The molecule has 1 aromatic heterocycles. The van der Waals surface area contributed by atoms with E-state index >= 15 is 0 Å². The van der Waals surface area contributed by atoms with Crippen molar-refractivity contribution >= 4 is 22.7 Å². The Morgan fingerprint density at radius 3 is 2.88 bits per heavy atom. The van der Waals surface area contributed by atoms with Crippen molar-refractivity contribution < 1.29 is 14.3 Å². The van der Waals surface area contributed by atoms with E-state index in [1.165, 1.54) is 0 Å². The van der Waals surface area contributed by atoms with Gasteiger partial charge in [-0.3, -0.25) is 14.6 Å². The largest absolute Gasteiger partial charge is 0.379 e. The number of nitrogens with one attached hydrogen (secondary N) is 1. The number of pyridine rings is 1. The smallest absolute Gasteiger partial charge is 0.255 e. The minimum atomic E-state index is -0.125. The second-order valence-corrected chi connectivity index (χ2v) is 6.04. The highest BCUT2D eigenvalue weighted by molar-refractivity contribution is 5.97. The van der Waals surface area contributed by atoms with Gasteiger partial charge >= 0.3 is 0 Å². The van der Waals surface area contributed by atoms with Crippen LogP contribution < -0.4 is 5.32 Å². The number of amides is 2. The molecule has 24 heavy (non-hydrogen) atoms. The summed E-state index contributed by atoms with van der Waals surface area (Å²) < 4.78 is 5.47. The number of hydrogen-bond donors (Lipinski definition) is 1. The van der Waals surface area contributed by atoms with Crippen LogP contribution in [0.15, 0.2) is 36.5 Å². The molecule has 0 spiro atoms. The Morgan fingerprint density at radius 1 is 1.33 bits per heavy atom. The Balaban J connectivity index is 1.77. The maximum Gasteiger partial charge on any atom is 0.255 e. The van der Waals surface area contributed by atoms with Crippen LogP contribution in [0.25, 0.3) is 10.9 Å².